The third-order valence-electron chi connectivity index (χ3n) is 4.72. The van der Waals surface area contributed by atoms with Crippen LogP contribution in [0.3, 0.4) is 0 Å². The van der Waals surface area contributed by atoms with E-state index in [4.69, 9.17) is 14.6 Å². The normalized spacial score (nSPS) is 20.9. The van der Waals surface area contributed by atoms with Crippen LogP contribution in [0.15, 0.2) is 34.5 Å². The minimum atomic E-state index is -0.892. The molecule has 0 aliphatic carbocycles. The Morgan fingerprint density at radius 3 is 2.68 bits per heavy atom. The molecule has 150 valence electrons. The van der Waals surface area contributed by atoms with Gasteiger partial charge in [0, 0.05) is 0 Å². The highest BCUT2D eigenvalue weighted by Crippen LogP contribution is 2.27. The molecule has 0 bridgehead atoms. The molecule has 1 aromatic rings. The largest absolute Gasteiger partial charge is 0.497 e. The molecule has 2 aliphatic heterocycles. The van der Waals surface area contributed by atoms with E-state index in [2.05, 4.69) is 10.2 Å². The average Bonchev–Trinajstić information content (AvgIpc) is 3.00. The lowest BCUT2D eigenvalue weighted by Gasteiger charge is -2.31. The first-order valence-electron chi connectivity index (χ1n) is 9.09. The maximum absolute atomic E-state index is 12.9. The molecule has 9 nitrogen and oxygen atoms in total. The van der Waals surface area contributed by atoms with Crippen molar-refractivity contribution in [3.63, 3.8) is 0 Å². The van der Waals surface area contributed by atoms with Crippen LogP contribution in [0.1, 0.15) is 18.9 Å². The number of fused-ring (bicyclic) bond motifs is 1. The third kappa shape index (κ3) is 4.48. The molecule has 28 heavy (non-hydrogen) atoms. The molecule has 2 aliphatic rings. The van der Waals surface area contributed by atoms with Gasteiger partial charge in [-0.05, 0) is 24.6 Å². The van der Waals surface area contributed by atoms with E-state index in [0.29, 0.717) is 19.7 Å². The summed E-state index contributed by atoms with van der Waals surface area (Å²) >= 11 is 0. The zero-order chi connectivity index (χ0) is 20.1. The van der Waals surface area contributed by atoms with Crippen LogP contribution in [0.2, 0.25) is 0 Å². The summed E-state index contributed by atoms with van der Waals surface area (Å²) in [6, 6.07) is 7.28. The van der Waals surface area contributed by atoms with Crippen LogP contribution in [0.4, 0.5) is 0 Å². The molecule has 3 rings (SSSR count). The van der Waals surface area contributed by atoms with Crippen LogP contribution in [-0.2, 0) is 20.9 Å². The van der Waals surface area contributed by atoms with Gasteiger partial charge >= 0.3 is 5.97 Å². The fourth-order valence-corrected chi connectivity index (χ4v) is 3.25. The van der Waals surface area contributed by atoms with Crippen LogP contribution in [0.5, 0.6) is 5.75 Å². The molecule has 2 unspecified atom stereocenters. The zero-order valence-electron chi connectivity index (χ0n) is 15.9. The summed E-state index contributed by atoms with van der Waals surface area (Å²) in [6.07, 6.45) is 1.71. The summed E-state index contributed by atoms with van der Waals surface area (Å²) in [4.78, 5) is 23.4. The fourth-order valence-electron chi connectivity index (χ4n) is 3.25. The smallest absolute Gasteiger partial charge is 0.305 e. The van der Waals surface area contributed by atoms with Gasteiger partial charge in [0.25, 0.3) is 5.91 Å². The van der Waals surface area contributed by atoms with Gasteiger partial charge in [-0.2, -0.15) is 10.2 Å². The fraction of sp³-hybridized carbons (Fsp3) is 0.474. The number of carboxylic acid groups (broad SMARTS) is 1. The standard InChI is InChI=1S/C19H24N4O5/c1-13-18-16(22(21-13)8-10-28-9-7-17(24)25)11-20-23(19(18)26)12-14-3-5-15(27-2)6-4-14/h3-6,11,16,18H,7-10,12H2,1-2H3,(H,24,25). The lowest BCUT2D eigenvalue weighted by Crippen LogP contribution is -2.48. The van der Waals surface area contributed by atoms with E-state index < -0.39 is 5.97 Å². The summed E-state index contributed by atoms with van der Waals surface area (Å²) in [7, 11) is 1.61. The van der Waals surface area contributed by atoms with E-state index >= 15 is 0 Å². The van der Waals surface area contributed by atoms with E-state index in [1.807, 2.05) is 31.2 Å². The Kier molecular flexibility index (Phi) is 6.25. The summed E-state index contributed by atoms with van der Waals surface area (Å²) in [6.45, 7) is 3.18. The molecule has 0 spiro atoms. The van der Waals surface area contributed by atoms with Crippen molar-refractivity contribution in [2.75, 3.05) is 26.9 Å². The Balaban J connectivity index is 1.59. The van der Waals surface area contributed by atoms with Gasteiger partial charge in [0.1, 0.15) is 17.7 Å². The molecule has 1 aromatic carbocycles. The van der Waals surface area contributed by atoms with Crippen molar-refractivity contribution in [2.45, 2.75) is 25.9 Å². The first-order chi connectivity index (χ1) is 13.5. The minimum Gasteiger partial charge on any atom is -0.497 e. The summed E-state index contributed by atoms with van der Waals surface area (Å²) < 4.78 is 10.5. The first kappa shape index (κ1) is 19.8. The second-order valence-corrected chi connectivity index (χ2v) is 6.64. The van der Waals surface area contributed by atoms with Crippen LogP contribution in [0.25, 0.3) is 0 Å². The van der Waals surface area contributed by atoms with Crippen molar-refractivity contribution in [3.8, 4) is 5.75 Å². The van der Waals surface area contributed by atoms with Crippen molar-refractivity contribution in [1.29, 1.82) is 0 Å². The number of methoxy groups -OCH3 is 1. The van der Waals surface area contributed by atoms with Gasteiger partial charge in [0.15, 0.2) is 0 Å². The molecule has 2 heterocycles. The van der Waals surface area contributed by atoms with Gasteiger partial charge < -0.3 is 14.6 Å². The van der Waals surface area contributed by atoms with E-state index in [9.17, 15) is 9.59 Å². The van der Waals surface area contributed by atoms with Crippen LogP contribution >= 0.6 is 0 Å². The van der Waals surface area contributed by atoms with Crippen molar-refractivity contribution in [2.24, 2.45) is 16.1 Å². The monoisotopic (exact) mass is 388 g/mol. The number of hydrogen-bond donors (Lipinski definition) is 1. The van der Waals surface area contributed by atoms with Gasteiger partial charge in [-0.25, -0.2) is 5.01 Å². The molecular weight excluding hydrogens is 364 g/mol. The van der Waals surface area contributed by atoms with Gasteiger partial charge in [0.05, 0.1) is 51.8 Å². The number of amides is 1. The predicted molar refractivity (Wildman–Crippen MR) is 102 cm³/mol. The predicted octanol–water partition coefficient (Wildman–Crippen LogP) is 1.19. The number of aliphatic carboxylic acids is 1. The second-order valence-electron chi connectivity index (χ2n) is 6.64. The van der Waals surface area contributed by atoms with Crippen LogP contribution in [-0.4, -0.2) is 71.8 Å². The molecule has 0 aromatic heterocycles. The van der Waals surface area contributed by atoms with E-state index in [1.165, 1.54) is 5.01 Å². The number of carbonyl (C=O) groups excluding carboxylic acids is 1. The maximum Gasteiger partial charge on any atom is 0.305 e. The highest BCUT2D eigenvalue weighted by Gasteiger charge is 2.43. The Hall–Kier alpha value is -2.94. The van der Waals surface area contributed by atoms with Gasteiger partial charge in [-0.15, -0.1) is 0 Å². The van der Waals surface area contributed by atoms with E-state index in [1.54, 1.807) is 18.3 Å². The zero-order valence-corrected chi connectivity index (χ0v) is 15.9. The van der Waals surface area contributed by atoms with Gasteiger partial charge in [-0.1, -0.05) is 12.1 Å². The second kappa shape index (κ2) is 8.83. The SMILES string of the molecule is COc1ccc(CN2N=CC3C(C2=O)C(C)=NN3CCOCCC(=O)O)cc1. The number of hydrogen-bond acceptors (Lipinski definition) is 7. The minimum absolute atomic E-state index is 0.0331. The topological polar surface area (TPSA) is 104 Å². The Labute approximate surface area is 163 Å². The number of carboxylic acids is 1. The quantitative estimate of drug-likeness (QED) is 0.638. The number of ether oxygens (including phenoxy) is 2. The number of benzene rings is 1. The average molecular weight is 388 g/mol. The lowest BCUT2D eigenvalue weighted by atomic mass is 9.94. The van der Waals surface area contributed by atoms with Crippen molar-refractivity contribution in [1.82, 2.24) is 10.0 Å². The Bertz CT molecular complexity index is 777. The number of hydrazone groups is 2. The molecule has 0 saturated carbocycles. The number of carbonyl (C=O) groups is 2. The van der Waals surface area contributed by atoms with Gasteiger partial charge in [0.2, 0.25) is 0 Å². The lowest BCUT2D eigenvalue weighted by molar-refractivity contribution is -0.138. The molecule has 0 fully saturated rings. The van der Waals surface area contributed by atoms with Crippen molar-refractivity contribution < 1.29 is 24.2 Å². The molecule has 1 amide bonds. The molecule has 1 N–H and O–H groups in total. The van der Waals surface area contributed by atoms with Crippen LogP contribution < -0.4 is 4.74 Å². The Morgan fingerprint density at radius 2 is 2.00 bits per heavy atom. The molecule has 0 radical (unpaired) electrons. The molecule has 0 saturated heterocycles. The van der Waals surface area contributed by atoms with Gasteiger partial charge in [-0.3, -0.25) is 14.6 Å². The molecule has 9 heteroatoms. The summed E-state index contributed by atoms with van der Waals surface area (Å²) in [5.74, 6) is -0.581. The van der Waals surface area contributed by atoms with Crippen molar-refractivity contribution >= 4 is 23.8 Å². The highest BCUT2D eigenvalue weighted by atomic mass is 16.5. The summed E-state index contributed by atoms with van der Waals surface area (Å²) in [5, 5.41) is 20.7. The number of rotatable bonds is 9. The van der Waals surface area contributed by atoms with E-state index in [-0.39, 0.29) is 30.9 Å². The summed E-state index contributed by atoms with van der Waals surface area (Å²) in [5.41, 5.74) is 1.70. The third-order valence-corrected chi connectivity index (χ3v) is 4.72. The van der Waals surface area contributed by atoms with E-state index in [0.717, 1.165) is 17.0 Å². The Morgan fingerprint density at radius 1 is 1.25 bits per heavy atom. The van der Waals surface area contributed by atoms with Crippen molar-refractivity contribution in [3.05, 3.63) is 29.8 Å². The molecular formula is C19H24N4O5. The molecule has 2 atom stereocenters. The highest BCUT2D eigenvalue weighted by molar-refractivity contribution is 6.08. The maximum atomic E-state index is 12.9. The first-order valence-corrected chi connectivity index (χ1v) is 9.09. The number of nitrogens with zero attached hydrogens (tertiary/aromatic N) is 4. The van der Waals surface area contributed by atoms with Crippen LogP contribution in [0, 0.1) is 5.92 Å².